The van der Waals surface area contributed by atoms with Crippen molar-refractivity contribution in [2.24, 2.45) is 5.73 Å². The minimum absolute atomic E-state index is 0.167. The lowest BCUT2D eigenvalue weighted by atomic mass is 10.0. The maximum Gasteiger partial charge on any atom is 0.389 e. The van der Waals surface area contributed by atoms with Crippen LogP contribution in [0.2, 0.25) is 0 Å². The first-order valence-corrected chi connectivity index (χ1v) is 8.15. The molecule has 0 aliphatic rings. The average Bonchev–Trinajstić information content (AvgIpc) is 2.59. The molecule has 0 heterocycles. The summed E-state index contributed by atoms with van der Waals surface area (Å²) >= 11 is 0. The third-order valence-corrected chi connectivity index (χ3v) is 3.67. The zero-order chi connectivity index (χ0) is 18.3. The molecule has 0 amide bonds. The molecule has 3 nitrogen and oxygen atoms in total. The van der Waals surface area contributed by atoms with Crippen LogP contribution in [0.4, 0.5) is 13.2 Å². The van der Waals surface area contributed by atoms with Crippen molar-refractivity contribution in [3.05, 3.63) is 59.7 Å². The molecule has 0 fully saturated rings. The molecule has 0 aromatic heterocycles. The van der Waals surface area contributed by atoms with Crippen molar-refractivity contribution in [1.82, 2.24) is 0 Å². The second-order valence-corrected chi connectivity index (χ2v) is 5.67. The van der Waals surface area contributed by atoms with E-state index in [0.29, 0.717) is 30.3 Å². The molecule has 6 heteroatoms. The summed E-state index contributed by atoms with van der Waals surface area (Å²) in [7, 11) is 0. The summed E-state index contributed by atoms with van der Waals surface area (Å²) in [4.78, 5) is 0. The van der Waals surface area contributed by atoms with Crippen LogP contribution in [0.5, 0.6) is 11.5 Å². The molecule has 25 heavy (non-hydrogen) atoms. The van der Waals surface area contributed by atoms with Crippen LogP contribution in [-0.2, 0) is 6.61 Å². The molecular weight excluding hydrogens is 331 g/mol. The molecule has 1 atom stereocenters. The molecule has 0 radical (unpaired) electrons. The normalized spacial score (nSPS) is 12.7. The van der Waals surface area contributed by atoms with Gasteiger partial charge in [0.05, 0.1) is 6.61 Å². The van der Waals surface area contributed by atoms with Gasteiger partial charge in [-0.15, -0.1) is 0 Å². The van der Waals surface area contributed by atoms with E-state index in [4.69, 9.17) is 15.2 Å². The van der Waals surface area contributed by atoms with E-state index >= 15 is 0 Å². The summed E-state index contributed by atoms with van der Waals surface area (Å²) < 4.78 is 48.4. The first-order chi connectivity index (χ1) is 11.9. The molecular formula is C19H22F3NO2. The summed E-state index contributed by atoms with van der Waals surface area (Å²) in [6, 6.07) is 14.0. The second-order valence-electron chi connectivity index (χ2n) is 5.67. The number of ether oxygens (including phenoxy) is 2. The number of rotatable bonds is 8. The third kappa shape index (κ3) is 6.31. The highest BCUT2D eigenvalue weighted by Crippen LogP contribution is 2.33. The lowest BCUT2D eigenvalue weighted by molar-refractivity contribution is -0.136. The number of halogens is 3. The van der Waals surface area contributed by atoms with Gasteiger partial charge in [-0.2, -0.15) is 13.2 Å². The van der Waals surface area contributed by atoms with Gasteiger partial charge in [0.2, 0.25) is 0 Å². The predicted octanol–water partition coefficient (Wildman–Crippen LogP) is 5.01. The first kappa shape index (κ1) is 19.1. The first-order valence-electron chi connectivity index (χ1n) is 8.15. The van der Waals surface area contributed by atoms with E-state index in [9.17, 15) is 13.2 Å². The van der Waals surface area contributed by atoms with E-state index in [2.05, 4.69) is 0 Å². The molecule has 2 aromatic carbocycles. The quantitative estimate of drug-likeness (QED) is 0.726. The Kier molecular flexibility index (Phi) is 6.70. The summed E-state index contributed by atoms with van der Waals surface area (Å²) in [5, 5.41) is 0. The third-order valence-electron chi connectivity index (χ3n) is 3.67. The summed E-state index contributed by atoms with van der Waals surface area (Å²) in [5.74, 6) is 1.02. The largest absolute Gasteiger partial charge is 0.490 e. The second kappa shape index (κ2) is 8.76. The molecule has 0 saturated heterocycles. The van der Waals surface area contributed by atoms with Gasteiger partial charge in [-0.25, -0.2) is 0 Å². The van der Waals surface area contributed by atoms with Crippen molar-refractivity contribution in [3.8, 4) is 11.5 Å². The van der Waals surface area contributed by atoms with Crippen LogP contribution in [0.25, 0.3) is 0 Å². The molecule has 0 unspecified atom stereocenters. The molecule has 2 N–H and O–H groups in total. The maximum absolute atomic E-state index is 12.4. The summed E-state index contributed by atoms with van der Waals surface area (Å²) in [6.45, 7) is 2.63. The van der Waals surface area contributed by atoms with Gasteiger partial charge in [0.25, 0.3) is 0 Å². The Morgan fingerprint density at radius 2 is 1.72 bits per heavy atom. The van der Waals surface area contributed by atoms with Gasteiger partial charge >= 0.3 is 6.18 Å². The number of nitrogens with two attached hydrogens (primary N) is 1. The zero-order valence-electron chi connectivity index (χ0n) is 14.1. The van der Waals surface area contributed by atoms with Crippen molar-refractivity contribution < 1.29 is 22.6 Å². The van der Waals surface area contributed by atoms with Crippen LogP contribution in [0.3, 0.4) is 0 Å². The summed E-state index contributed by atoms with van der Waals surface area (Å²) in [5.41, 5.74) is 7.49. The van der Waals surface area contributed by atoms with Crippen LogP contribution in [0.1, 0.15) is 36.9 Å². The monoisotopic (exact) mass is 353 g/mol. The van der Waals surface area contributed by atoms with Gasteiger partial charge in [-0.3, -0.25) is 0 Å². The Morgan fingerprint density at radius 1 is 1.00 bits per heavy atom. The van der Waals surface area contributed by atoms with E-state index in [1.165, 1.54) is 0 Å². The molecule has 0 aliphatic carbocycles. The fourth-order valence-electron chi connectivity index (χ4n) is 2.36. The van der Waals surface area contributed by atoms with Gasteiger partial charge in [0.1, 0.15) is 6.61 Å². The van der Waals surface area contributed by atoms with Crippen LogP contribution in [0, 0.1) is 0 Å². The van der Waals surface area contributed by atoms with Crippen molar-refractivity contribution in [3.63, 3.8) is 0 Å². The Labute approximate surface area is 145 Å². The highest BCUT2D eigenvalue weighted by atomic mass is 19.4. The smallest absolute Gasteiger partial charge is 0.389 e. The predicted molar refractivity (Wildman–Crippen MR) is 90.6 cm³/mol. The van der Waals surface area contributed by atoms with E-state index in [0.717, 1.165) is 5.56 Å². The highest BCUT2D eigenvalue weighted by Gasteiger charge is 2.28. The Bertz CT molecular complexity index is 659. The van der Waals surface area contributed by atoms with Crippen molar-refractivity contribution in [2.75, 3.05) is 6.61 Å². The van der Waals surface area contributed by atoms with Gasteiger partial charge in [0.15, 0.2) is 11.5 Å². The van der Waals surface area contributed by atoms with Gasteiger partial charge in [-0.05, 0) is 36.6 Å². The van der Waals surface area contributed by atoms with Crippen LogP contribution in [0.15, 0.2) is 48.5 Å². The molecule has 0 bridgehead atoms. The zero-order valence-corrected chi connectivity index (χ0v) is 14.1. The number of alkyl halides is 3. The Balaban J connectivity index is 2.08. The average molecular weight is 353 g/mol. The van der Waals surface area contributed by atoms with Gasteiger partial charge < -0.3 is 15.2 Å². The number of benzene rings is 2. The Morgan fingerprint density at radius 3 is 2.36 bits per heavy atom. The topological polar surface area (TPSA) is 44.5 Å². The molecule has 0 spiro atoms. The molecule has 0 aliphatic heterocycles. The van der Waals surface area contributed by atoms with Gasteiger partial charge in [0, 0.05) is 12.5 Å². The Hall–Kier alpha value is -2.21. The van der Waals surface area contributed by atoms with Crippen molar-refractivity contribution in [2.45, 2.75) is 38.6 Å². The number of hydrogen-bond acceptors (Lipinski definition) is 3. The number of hydrogen-bond donors (Lipinski definition) is 1. The molecule has 136 valence electrons. The van der Waals surface area contributed by atoms with Crippen molar-refractivity contribution in [1.29, 1.82) is 0 Å². The van der Waals surface area contributed by atoms with E-state index in [-0.39, 0.29) is 6.42 Å². The minimum atomic E-state index is -4.21. The molecule has 0 saturated carbocycles. The lowest BCUT2D eigenvalue weighted by Crippen LogP contribution is -2.16. The fourth-order valence-corrected chi connectivity index (χ4v) is 2.36. The van der Waals surface area contributed by atoms with Crippen molar-refractivity contribution >= 4 is 0 Å². The fraction of sp³-hybridized carbons (Fsp3) is 0.368. The maximum atomic E-state index is 12.4. The SMILES string of the molecule is CCOc1cc([C@H](N)CCC(F)(F)F)ccc1OCc1ccccc1. The van der Waals surface area contributed by atoms with Gasteiger partial charge in [-0.1, -0.05) is 36.4 Å². The lowest BCUT2D eigenvalue weighted by Gasteiger charge is -2.17. The molecule has 2 aromatic rings. The summed E-state index contributed by atoms with van der Waals surface area (Å²) in [6.07, 6.45) is -5.29. The molecule has 2 rings (SSSR count). The standard InChI is InChI=1S/C19H22F3NO2/c1-2-24-18-12-15(16(23)10-11-19(20,21)22)8-9-17(18)25-13-14-6-4-3-5-7-14/h3-9,12,16H,2,10-11,13,23H2,1H3/t16-/m1/s1. The van der Waals surface area contributed by atoms with Crippen LogP contribution in [-0.4, -0.2) is 12.8 Å². The van der Waals surface area contributed by atoms with Crippen LogP contribution < -0.4 is 15.2 Å². The van der Waals surface area contributed by atoms with E-state index in [1.54, 1.807) is 18.2 Å². The minimum Gasteiger partial charge on any atom is -0.490 e. The van der Waals surface area contributed by atoms with E-state index < -0.39 is 18.6 Å². The highest BCUT2D eigenvalue weighted by molar-refractivity contribution is 5.44. The van der Waals surface area contributed by atoms with Crippen LogP contribution >= 0.6 is 0 Å². The van der Waals surface area contributed by atoms with E-state index in [1.807, 2.05) is 37.3 Å².